The fraction of sp³-hybridized carbons (Fsp3) is 0.269. The zero-order valence-corrected chi connectivity index (χ0v) is 20.4. The number of unbranched alkanes of at least 4 members (excludes halogenated alkanes) is 2. The summed E-state index contributed by atoms with van der Waals surface area (Å²) in [6.07, 6.45) is 8.42. The Morgan fingerprint density at radius 1 is 1.09 bits per heavy atom. The molecule has 0 saturated carbocycles. The number of hydrogen-bond acceptors (Lipinski definition) is 5. The molecular weight excluding hydrogens is 477 g/mol. The maximum absolute atomic E-state index is 12.6. The van der Waals surface area contributed by atoms with Crippen LogP contribution in [0.15, 0.2) is 53.5 Å². The van der Waals surface area contributed by atoms with Gasteiger partial charge in [-0.15, -0.1) is 0 Å². The Kier molecular flexibility index (Phi) is 8.40. The summed E-state index contributed by atoms with van der Waals surface area (Å²) in [5.74, 6) is -0.259. The monoisotopic (exact) mass is 503 g/mol. The summed E-state index contributed by atoms with van der Waals surface area (Å²) in [6, 6.07) is 12.6. The van der Waals surface area contributed by atoms with Crippen molar-refractivity contribution in [1.29, 1.82) is 0 Å². The van der Waals surface area contributed by atoms with E-state index in [2.05, 4.69) is 13.0 Å². The molecule has 3 aromatic rings. The van der Waals surface area contributed by atoms with Crippen molar-refractivity contribution in [2.45, 2.75) is 39.5 Å². The van der Waals surface area contributed by atoms with Gasteiger partial charge in [-0.2, -0.15) is 0 Å². The number of ether oxygens (including phenoxy) is 1. The summed E-state index contributed by atoms with van der Waals surface area (Å²) in [4.78, 5) is 38.6. The van der Waals surface area contributed by atoms with Crippen LogP contribution in [-0.2, 0) is 15.0 Å². The van der Waals surface area contributed by atoms with Gasteiger partial charge in [0.25, 0.3) is 0 Å². The standard InChI is InChI=1S/C26H27N3O4.Ni/c1-5-6-7-10-16-27(23-11-8-9-12-25(23)33-4)17-15-21-13-14-22-24(18-21)29(20(3)31)26(32)28(22)19(2)30;/h8-9,11-14,17-18H,1,5-7,10H2,2-4H3;/q-2;. The average molecular weight is 504 g/mol. The van der Waals surface area contributed by atoms with Crippen LogP contribution in [0.3, 0.4) is 0 Å². The first-order valence-corrected chi connectivity index (χ1v) is 11.4. The molecule has 0 atom stereocenters. The van der Waals surface area contributed by atoms with Gasteiger partial charge in [0.1, 0.15) is 0 Å². The minimum absolute atomic E-state index is 0.343. The van der Waals surface area contributed by atoms with E-state index in [1.165, 1.54) is 13.8 Å². The number of hydrogen-bond donors (Lipinski definition) is 0. The minimum atomic E-state index is -0.680. The molecule has 2 aromatic carbocycles. The molecule has 0 aliphatic heterocycles. The number of benzene rings is 2. The number of carbonyl (C=O) groups excluding carboxylic acids is 2. The molecule has 8 heteroatoms. The summed E-state index contributed by atoms with van der Waals surface area (Å²) in [5, 5.41) is 0. The van der Waals surface area contributed by atoms with Crippen LogP contribution in [0.4, 0.5) is 5.69 Å². The zero-order chi connectivity index (χ0) is 24.8. The van der Waals surface area contributed by atoms with Crippen LogP contribution in [0.2, 0.25) is 0 Å². The summed E-state index contributed by atoms with van der Waals surface area (Å²) in [5.41, 5.74) is 1.44. The number of fused-ring (bicyclic) bond motifs is 1. The molecular formula is C26H27N3NiO4-2. The molecule has 0 saturated heterocycles. The fourth-order valence-electron chi connectivity index (χ4n) is 3.68. The SMILES string of the molecule is [CH2-]CCCC[C](=[Ni])N(C=[C-]c1ccc2c(c1)n(C(C)=O)c(=O)n2C(C)=O)c1ccccc1OC. The van der Waals surface area contributed by atoms with Gasteiger partial charge in [-0.25, -0.2) is 0 Å². The molecule has 3 rings (SSSR count). The maximum atomic E-state index is 12.6. The van der Waals surface area contributed by atoms with Crippen molar-refractivity contribution in [3.63, 3.8) is 0 Å². The third kappa shape index (κ3) is 5.28. The Balaban J connectivity index is 2.06. The molecule has 1 aromatic heterocycles. The second-order valence-electron chi connectivity index (χ2n) is 7.66. The first-order chi connectivity index (χ1) is 16.3. The Hall–Kier alpha value is -3.25. The van der Waals surface area contributed by atoms with Crippen molar-refractivity contribution in [2.24, 2.45) is 0 Å². The normalized spacial score (nSPS) is 11.2. The predicted molar refractivity (Wildman–Crippen MR) is 130 cm³/mol. The molecule has 0 bridgehead atoms. The molecule has 0 N–H and O–H groups in total. The van der Waals surface area contributed by atoms with Gasteiger partial charge in [0.05, 0.1) is 0 Å². The predicted octanol–water partition coefficient (Wildman–Crippen LogP) is 4.37. The van der Waals surface area contributed by atoms with Crippen LogP contribution in [0.25, 0.3) is 11.0 Å². The number of aromatic nitrogens is 2. The van der Waals surface area contributed by atoms with Gasteiger partial charge >= 0.3 is 207 Å². The van der Waals surface area contributed by atoms with Crippen LogP contribution < -0.4 is 15.3 Å². The van der Waals surface area contributed by atoms with E-state index in [9.17, 15) is 14.4 Å². The number of methoxy groups -OCH3 is 1. The van der Waals surface area contributed by atoms with Crippen LogP contribution in [0.1, 0.15) is 54.7 Å². The van der Waals surface area contributed by atoms with Crippen molar-refractivity contribution in [2.75, 3.05) is 12.0 Å². The molecule has 1 heterocycles. The first-order valence-electron chi connectivity index (χ1n) is 10.9. The van der Waals surface area contributed by atoms with E-state index in [0.717, 1.165) is 45.1 Å². The van der Waals surface area contributed by atoms with Crippen LogP contribution in [0.5, 0.6) is 5.75 Å². The Labute approximate surface area is 206 Å². The van der Waals surface area contributed by atoms with E-state index in [1.54, 1.807) is 31.5 Å². The molecule has 0 aliphatic rings. The number of imidazole rings is 1. The van der Waals surface area contributed by atoms with Crippen LogP contribution in [0, 0.1) is 13.0 Å². The van der Waals surface area contributed by atoms with E-state index in [4.69, 9.17) is 19.8 Å². The number of para-hydroxylation sites is 2. The molecule has 34 heavy (non-hydrogen) atoms. The summed E-state index contributed by atoms with van der Waals surface area (Å²) in [7, 11) is 1.61. The van der Waals surface area contributed by atoms with Crippen molar-refractivity contribution in [3.05, 3.63) is 77.7 Å². The third-order valence-corrected chi connectivity index (χ3v) is 5.77. The number of anilines is 1. The third-order valence-electron chi connectivity index (χ3n) is 5.29. The molecule has 0 aliphatic carbocycles. The number of rotatable bonds is 9. The molecule has 0 amide bonds. The van der Waals surface area contributed by atoms with Gasteiger partial charge in [-0.3, -0.25) is 0 Å². The quantitative estimate of drug-likeness (QED) is 0.246. The van der Waals surface area contributed by atoms with E-state index >= 15 is 0 Å². The molecule has 0 fully saturated rings. The summed E-state index contributed by atoms with van der Waals surface area (Å²) in [6.45, 7) is 6.46. The second-order valence-corrected chi connectivity index (χ2v) is 8.23. The van der Waals surface area contributed by atoms with E-state index in [-0.39, 0.29) is 0 Å². The van der Waals surface area contributed by atoms with Crippen LogP contribution in [-0.4, -0.2) is 32.7 Å². The molecule has 182 valence electrons. The Morgan fingerprint density at radius 3 is 2.41 bits per heavy atom. The van der Waals surface area contributed by atoms with Gasteiger partial charge in [-0.05, 0) is 0 Å². The van der Waals surface area contributed by atoms with Crippen LogP contribution >= 0.6 is 0 Å². The molecule has 0 spiro atoms. The van der Waals surface area contributed by atoms with Gasteiger partial charge in [-0.1, -0.05) is 0 Å². The van der Waals surface area contributed by atoms with E-state index < -0.39 is 17.5 Å². The van der Waals surface area contributed by atoms with E-state index in [1.807, 2.05) is 29.2 Å². The van der Waals surface area contributed by atoms with Crippen molar-refractivity contribution >= 4 is 33.2 Å². The molecule has 0 unspecified atom stereocenters. The summed E-state index contributed by atoms with van der Waals surface area (Å²) >= 11 is 5.36. The van der Waals surface area contributed by atoms with Crippen molar-refractivity contribution in [3.8, 4) is 5.75 Å². The van der Waals surface area contributed by atoms with Gasteiger partial charge in [0.15, 0.2) is 0 Å². The van der Waals surface area contributed by atoms with Crippen molar-refractivity contribution in [1.82, 2.24) is 9.13 Å². The fourth-order valence-corrected chi connectivity index (χ4v) is 4.04. The van der Waals surface area contributed by atoms with Gasteiger partial charge in [0.2, 0.25) is 0 Å². The Morgan fingerprint density at radius 2 is 1.76 bits per heavy atom. The summed E-state index contributed by atoms with van der Waals surface area (Å²) < 4.78 is 8.26. The van der Waals surface area contributed by atoms with Gasteiger partial charge in [0, 0.05) is 0 Å². The average Bonchev–Trinajstić information content (AvgIpc) is 3.11. The zero-order valence-electron chi connectivity index (χ0n) is 19.4. The first kappa shape index (κ1) is 25.4. The topological polar surface area (TPSA) is 73.5 Å². The number of carbonyl (C=O) groups is 2. The molecule has 7 nitrogen and oxygen atoms in total. The van der Waals surface area contributed by atoms with Gasteiger partial charge < -0.3 is 0 Å². The second kappa shape index (κ2) is 11.3. The number of nitrogens with zero attached hydrogens (tertiary/aromatic N) is 3. The van der Waals surface area contributed by atoms with Crippen molar-refractivity contribution < 1.29 is 29.4 Å². The van der Waals surface area contributed by atoms with E-state index in [0.29, 0.717) is 22.3 Å². The molecule has 0 radical (unpaired) electrons. The Bertz CT molecular complexity index is 1320.